The number of carbonyl (C=O) groups is 2. The predicted molar refractivity (Wildman–Crippen MR) is 68.0 cm³/mol. The molecule has 0 saturated carbocycles. The monoisotopic (exact) mass is 246 g/mol. The first-order valence-corrected chi connectivity index (χ1v) is 5.57. The van der Waals surface area contributed by atoms with Gasteiger partial charge < -0.3 is 10.6 Å². The zero-order valence-electron chi connectivity index (χ0n) is 10.2. The highest BCUT2D eigenvalue weighted by Crippen LogP contribution is 2.16. The van der Waals surface area contributed by atoms with Crippen molar-refractivity contribution in [2.24, 2.45) is 0 Å². The number of fused-ring (bicyclic) bond motifs is 1. The van der Waals surface area contributed by atoms with Crippen LogP contribution >= 0.6 is 0 Å². The Kier molecular flexibility index (Phi) is 3.27. The van der Waals surface area contributed by atoms with Crippen molar-refractivity contribution in [2.75, 3.05) is 5.32 Å². The number of hydrogen-bond donors (Lipinski definition) is 3. The fourth-order valence-electron chi connectivity index (χ4n) is 1.64. The number of nitrogens with one attached hydrogen (secondary N) is 3. The van der Waals surface area contributed by atoms with Gasteiger partial charge >= 0.3 is 0 Å². The second-order valence-electron chi connectivity index (χ2n) is 4.08. The summed E-state index contributed by atoms with van der Waals surface area (Å²) in [5, 5.41) is 12.9. The third kappa shape index (κ3) is 2.65. The van der Waals surface area contributed by atoms with E-state index in [1.807, 2.05) is 12.1 Å². The Hall–Kier alpha value is -2.37. The molecule has 94 valence electrons. The van der Waals surface area contributed by atoms with Gasteiger partial charge in [-0.15, -0.1) is 0 Å². The number of benzene rings is 1. The number of aromatic amines is 1. The molecular formula is C12H14N4O2. The first-order chi connectivity index (χ1) is 8.56. The number of nitrogens with zero attached hydrogens (tertiary/aromatic N) is 1. The predicted octanol–water partition coefficient (Wildman–Crippen LogP) is 1.03. The fourth-order valence-corrected chi connectivity index (χ4v) is 1.64. The van der Waals surface area contributed by atoms with Gasteiger partial charge in [-0.25, -0.2) is 0 Å². The van der Waals surface area contributed by atoms with E-state index in [1.165, 1.54) is 6.92 Å². The number of amides is 2. The first kappa shape index (κ1) is 12.1. The van der Waals surface area contributed by atoms with Crippen LogP contribution in [-0.4, -0.2) is 28.1 Å². The molecule has 2 aromatic rings. The number of aromatic nitrogens is 2. The van der Waals surface area contributed by atoms with Crippen LogP contribution in [0.2, 0.25) is 0 Å². The lowest BCUT2D eigenvalue weighted by atomic mass is 10.2. The molecule has 1 heterocycles. The number of carbonyl (C=O) groups excluding carboxylic acids is 2. The maximum Gasteiger partial charge on any atom is 0.246 e. The molecule has 18 heavy (non-hydrogen) atoms. The summed E-state index contributed by atoms with van der Waals surface area (Å²) >= 11 is 0. The maximum atomic E-state index is 11.8. The van der Waals surface area contributed by atoms with Crippen molar-refractivity contribution in [3.63, 3.8) is 0 Å². The van der Waals surface area contributed by atoms with Gasteiger partial charge in [-0.2, -0.15) is 5.10 Å². The lowest BCUT2D eigenvalue weighted by molar-refractivity contribution is -0.124. The molecule has 0 aliphatic heterocycles. The summed E-state index contributed by atoms with van der Waals surface area (Å²) in [6.45, 7) is 3.01. The number of H-pyrrole nitrogens is 1. The van der Waals surface area contributed by atoms with Crippen molar-refractivity contribution in [1.29, 1.82) is 0 Å². The Morgan fingerprint density at radius 2 is 2.17 bits per heavy atom. The van der Waals surface area contributed by atoms with Crippen molar-refractivity contribution in [3.05, 3.63) is 24.4 Å². The number of hydrogen-bond acceptors (Lipinski definition) is 3. The lowest BCUT2D eigenvalue weighted by Crippen LogP contribution is -2.40. The summed E-state index contributed by atoms with van der Waals surface area (Å²) < 4.78 is 0. The van der Waals surface area contributed by atoms with Crippen molar-refractivity contribution >= 4 is 28.4 Å². The molecule has 2 rings (SSSR count). The molecule has 0 aliphatic rings. The summed E-state index contributed by atoms with van der Waals surface area (Å²) in [6.07, 6.45) is 1.68. The van der Waals surface area contributed by atoms with Gasteiger partial charge in [-0.3, -0.25) is 14.7 Å². The number of anilines is 1. The maximum absolute atomic E-state index is 11.8. The van der Waals surface area contributed by atoms with Gasteiger partial charge in [-0.1, -0.05) is 0 Å². The highest BCUT2D eigenvalue weighted by Gasteiger charge is 2.13. The van der Waals surface area contributed by atoms with E-state index in [4.69, 9.17) is 0 Å². The molecule has 0 saturated heterocycles. The lowest BCUT2D eigenvalue weighted by Gasteiger charge is -2.12. The van der Waals surface area contributed by atoms with E-state index in [1.54, 1.807) is 19.2 Å². The van der Waals surface area contributed by atoms with Crippen molar-refractivity contribution in [3.8, 4) is 0 Å². The van der Waals surface area contributed by atoms with Gasteiger partial charge in [0.2, 0.25) is 11.8 Å². The van der Waals surface area contributed by atoms with Crippen LogP contribution in [0.25, 0.3) is 10.9 Å². The Labute approximate surface area is 104 Å². The largest absolute Gasteiger partial charge is 0.345 e. The van der Waals surface area contributed by atoms with Gasteiger partial charge in [0.1, 0.15) is 6.04 Å². The van der Waals surface area contributed by atoms with Gasteiger partial charge in [0, 0.05) is 18.0 Å². The molecule has 6 heteroatoms. The van der Waals surface area contributed by atoms with Crippen molar-refractivity contribution in [1.82, 2.24) is 15.5 Å². The van der Waals surface area contributed by atoms with Crippen LogP contribution in [0.3, 0.4) is 0 Å². The molecular weight excluding hydrogens is 232 g/mol. The van der Waals surface area contributed by atoms with Crippen LogP contribution < -0.4 is 10.6 Å². The molecule has 3 N–H and O–H groups in total. The SMILES string of the molecule is CC(=O)NC(C)C(=O)Nc1ccc2[nH]ncc2c1. The Morgan fingerprint density at radius 3 is 2.89 bits per heavy atom. The van der Waals surface area contributed by atoms with E-state index in [0.29, 0.717) is 5.69 Å². The summed E-state index contributed by atoms with van der Waals surface area (Å²) in [5.41, 5.74) is 1.58. The molecule has 6 nitrogen and oxygen atoms in total. The van der Waals surface area contributed by atoms with Crippen LogP contribution in [0, 0.1) is 0 Å². The zero-order chi connectivity index (χ0) is 13.1. The van der Waals surface area contributed by atoms with Gasteiger partial charge in [0.05, 0.1) is 11.7 Å². The van der Waals surface area contributed by atoms with E-state index in [2.05, 4.69) is 20.8 Å². The molecule has 0 radical (unpaired) electrons. The molecule has 0 aliphatic carbocycles. The van der Waals surface area contributed by atoms with Crippen molar-refractivity contribution in [2.45, 2.75) is 19.9 Å². The smallest absolute Gasteiger partial charge is 0.246 e. The van der Waals surface area contributed by atoms with E-state index >= 15 is 0 Å². The Balaban J connectivity index is 2.08. The van der Waals surface area contributed by atoms with Crippen LogP contribution in [0.5, 0.6) is 0 Å². The summed E-state index contributed by atoms with van der Waals surface area (Å²) in [4.78, 5) is 22.6. The normalized spacial score (nSPS) is 12.1. The molecule has 0 bridgehead atoms. The quantitative estimate of drug-likeness (QED) is 0.755. The Morgan fingerprint density at radius 1 is 1.39 bits per heavy atom. The topological polar surface area (TPSA) is 86.9 Å². The molecule has 1 aromatic heterocycles. The molecule has 1 atom stereocenters. The highest BCUT2D eigenvalue weighted by molar-refractivity contribution is 5.98. The molecule has 0 fully saturated rings. The summed E-state index contributed by atoms with van der Waals surface area (Å²) in [7, 11) is 0. The second-order valence-corrected chi connectivity index (χ2v) is 4.08. The number of rotatable bonds is 3. The van der Waals surface area contributed by atoms with Crippen LogP contribution in [0.15, 0.2) is 24.4 Å². The minimum Gasteiger partial charge on any atom is -0.345 e. The average Bonchev–Trinajstić information content (AvgIpc) is 2.75. The van der Waals surface area contributed by atoms with E-state index in [0.717, 1.165) is 10.9 Å². The third-order valence-corrected chi connectivity index (χ3v) is 2.52. The van der Waals surface area contributed by atoms with Gasteiger partial charge in [-0.05, 0) is 25.1 Å². The van der Waals surface area contributed by atoms with Gasteiger partial charge in [0.15, 0.2) is 0 Å². The van der Waals surface area contributed by atoms with Crippen molar-refractivity contribution < 1.29 is 9.59 Å². The second kappa shape index (κ2) is 4.87. The molecule has 2 amide bonds. The van der Waals surface area contributed by atoms with Crippen LogP contribution in [0.1, 0.15) is 13.8 Å². The molecule has 1 aromatic carbocycles. The van der Waals surface area contributed by atoms with E-state index in [9.17, 15) is 9.59 Å². The fraction of sp³-hybridized carbons (Fsp3) is 0.250. The Bertz CT molecular complexity index is 591. The summed E-state index contributed by atoms with van der Waals surface area (Å²) in [5.74, 6) is -0.490. The highest BCUT2D eigenvalue weighted by atomic mass is 16.2. The minimum atomic E-state index is -0.567. The van der Waals surface area contributed by atoms with Crippen LogP contribution in [-0.2, 0) is 9.59 Å². The van der Waals surface area contributed by atoms with Crippen LogP contribution in [0.4, 0.5) is 5.69 Å². The van der Waals surface area contributed by atoms with Gasteiger partial charge in [0.25, 0.3) is 0 Å². The average molecular weight is 246 g/mol. The molecule has 1 unspecified atom stereocenters. The minimum absolute atomic E-state index is 0.233. The first-order valence-electron chi connectivity index (χ1n) is 5.57. The zero-order valence-corrected chi connectivity index (χ0v) is 10.2. The summed E-state index contributed by atoms with van der Waals surface area (Å²) in [6, 6.07) is 4.86. The van der Waals surface area contributed by atoms with E-state index in [-0.39, 0.29) is 11.8 Å². The molecule has 0 spiro atoms. The third-order valence-electron chi connectivity index (χ3n) is 2.52. The van der Waals surface area contributed by atoms with E-state index < -0.39 is 6.04 Å². The standard InChI is InChI=1S/C12H14N4O2/c1-7(14-8(2)17)12(18)15-10-3-4-11-9(5-10)6-13-16-11/h3-7H,1-2H3,(H,13,16)(H,14,17)(H,15,18).